The molecule has 2 rings (SSSR count). The van der Waals surface area contributed by atoms with Crippen molar-refractivity contribution in [2.45, 2.75) is 18.8 Å². The van der Waals surface area contributed by atoms with Gasteiger partial charge in [-0.2, -0.15) is 11.8 Å². The van der Waals surface area contributed by atoms with Gasteiger partial charge in [-0.05, 0) is 41.6 Å². The number of nitrogens with one attached hydrogen (secondary N) is 1. The zero-order valence-electron chi connectivity index (χ0n) is 11.3. The Morgan fingerprint density at radius 3 is 2.74 bits per heavy atom. The van der Waals surface area contributed by atoms with Crippen molar-refractivity contribution in [2.24, 2.45) is 7.05 Å². The van der Waals surface area contributed by atoms with Crippen LogP contribution in [0, 0.1) is 5.82 Å². The van der Waals surface area contributed by atoms with Gasteiger partial charge < -0.3 is 9.88 Å². The van der Waals surface area contributed by atoms with E-state index in [2.05, 4.69) is 16.0 Å². The number of thioether (sulfide) groups is 1. The molecule has 0 atom stereocenters. The molecule has 0 bridgehead atoms. The molecule has 0 spiro atoms. The van der Waals surface area contributed by atoms with Crippen LogP contribution in [0.1, 0.15) is 16.8 Å². The second-order valence-corrected chi connectivity index (χ2v) is 5.43. The summed E-state index contributed by atoms with van der Waals surface area (Å²) in [7, 11) is 2.04. The highest BCUT2D eigenvalue weighted by atomic mass is 32.2. The van der Waals surface area contributed by atoms with Crippen molar-refractivity contribution < 1.29 is 4.39 Å². The van der Waals surface area contributed by atoms with Crippen LogP contribution >= 0.6 is 11.8 Å². The Labute approximate surface area is 118 Å². The molecule has 1 aromatic carbocycles. The van der Waals surface area contributed by atoms with Crippen LogP contribution in [0.15, 0.2) is 36.5 Å². The van der Waals surface area contributed by atoms with E-state index in [9.17, 15) is 4.39 Å². The average molecular weight is 278 g/mol. The van der Waals surface area contributed by atoms with Crippen molar-refractivity contribution in [3.63, 3.8) is 0 Å². The molecule has 2 aromatic rings. The minimum atomic E-state index is -0.157. The largest absolute Gasteiger partial charge is 0.353 e. The predicted octanol–water partition coefficient (Wildman–Crippen LogP) is 3.32. The van der Waals surface area contributed by atoms with Crippen molar-refractivity contribution in [2.75, 3.05) is 6.26 Å². The van der Waals surface area contributed by atoms with Crippen molar-refractivity contribution in [1.29, 1.82) is 0 Å². The van der Waals surface area contributed by atoms with Gasteiger partial charge >= 0.3 is 0 Å². The van der Waals surface area contributed by atoms with Crippen LogP contribution in [-0.2, 0) is 25.9 Å². The Morgan fingerprint density at radius 2 is 2.05 bits per heavy atom. The van der Waals surface area contributed by atoms with Crippen molar-refractivity contribution in [3.8, 4) is 0 Å². The van der Waals surface area contributed by atoms with Gasteiger partial charge in [0, 0.05) is 37.8 Å². The Balaban J connectivity index is 1.97. The molecule has 0 aliphatic carbocycles. The lowest BCUT2D eigenvalue weighted by atomic mass is 10.1. The summed E-state index contributed by atoms with van der Waals surface area (Å²) in [5.41, 5.74) is 3.49. The van der Waals surface area contributed by atoms with Gasteiger partial charge in [0.25, 0.3) is 0 Å². The number of nitrogens with zero attached hydrogens (tertiary/aromatic N) is 1. The molecule has 1 heterocycles. The van der Waals surface area contributed by atoms with E-state index in [4.69, 9.17) is 0 Å². The Kier molecular flexibility index (Phi) is 5.05. The fraction of sp³-hybridized carbons (Fsp3) is 0.333. The van der Waals surface area contributed by atoms with E-state index in [-0.39, 0.29) is 5.82 Å². The number of halogens is 1. The maximum Gasteiger partial charge on any atom is 0.123 e. The SMILES string of the molecule is CSCc1cc(F)ccc1CNCc1cccn1C. The molecule has 0 saturated carbocycles. The van der Waals surface area contributed by atoms with Crippen LogP contribution in [0.5, 0.6) is 0 Å². The molecular formula is C15H19FN2S. The monoisotopic (exact) mass is 278 g/mol. The zero-order chi connectivity index (χ0) is 13.7. The summed E-state index contributed by atoms with van der Waals surface area (Å²) in [5, 5.41) is 3.41. The van der Waals surface area contributed by atoms with E-state index < -0.39 is 0 Å². The van der Waals surface area contributed by atoms with Crippen molar-refractivity contribution >= 4 is 11.8 Å². The molecule has 0 unspecified atom stereocenters. The smallest absolute Gasteiger partial charge is 0.123 e. The maximum absolute atomic E-state index is 13.2. The molecule has 0 saturated heterocycles. The summed E-state index contributed by atoms with van der Waals surface area (Å²) in [5.74, 6) is 0.689. The number of benzene rings is 1. The van der Waals surface area contributed by atoms with Crippen LogP contribution < -0.4 is 5.32 Å². The van der Waals surface area contributed by atoms with E-state index in [1.54, 1.807) is 17.8 Å². The first-order chi connectivity index (χ1) is 9.20. The first-order valence-corrected chi connectivity index (χ1v) is 7.67. The molecule has 0 fully saturated rings. The van der Waals surface area contributed by atoms with Gasteiger partial charge in [-0.1, -0.05) is 6.07 Å². The zero-order valence-corrected chi connectivity index (χ0v) is 12.1. The first kappa shape index (κ1) is 14.2. The topological polar surface area (TPSA) is 17.0 Å². The first-order valence-electron chi connectivity index (χ1n) is 6.28. The maximum atomic E-state index is 13.2. The Morgan fingerprint density at radius 1 is 1.21 bits per heavy atom. The summed E-state index contributed by atoms with van der Waals surface area (Å²) in [6.07, 6.45) is 4.07. The highest BCUT2D eigenvalue weighted by Gasteiger charge is 2.04. The van der Waals surface area contributed by atoms with E-state index in [1.807, 2.05) is 31.6 Å². The van der Waals surface area contributed by atoms with Gasteiger partial charge in [-0.3, -0.25) is 0 Å². The quantitative estimate of drug-likeness (QED) is 0.873. The third-order valence-corrected chi connectivity index (χ3v) is 3.74. The fourth-order valence-corrected chi connectivity index (χ4v) is 2.64. The third-order valence-electron chi connectivity index (χ3n) is 3.14. The average Bonchev–Trinajstić information content (AvgIpc) is 2.78. The highest BCUT2D eigenvalue weighted by molar-refractivity contribution is 7.97. The molecule has 4 heteroatoms. The van der Waals surface area contributed by atoms with Gasteiger partial charge in [-0.15, -0.1) is 0 Å². The number of aryl methyl sites for hydroxylation is 1. The van der Waals surface area contributed by atoms with Gasteiger partial charge in [0.15, 0.2) is 0 Å². The summed E-state index contributed by atoms with van der Waals surface area (Å²) >= 11 is 1.71. The lowest BCUT2D eigenvalue weighted by molar-refractivity contribution is 0.620. The Hall–Kier alpha value is -1.26. The van der Waals surface area contributed by atoms with E-state index >= 15 is 0 Å². The lowest BCUT2D eigenvalue weighted by Gasteiger charge is -2.10. The molecule has 1 aromatic heterocycles. The van der Waals surface area contributed by atoms with E-state index in [0.717, 1.165) is 24.4 Å². The van der Waals surface area contributed by atoms with Gasteiger partial charge in [0.1, 0.15) is 5.82 Å². The minimum Gasteiger partial charge on any atom is -0.353 e. The summed E-state index contributed by atoms with van der Waals surface area (Å²) < 4.78 is 15.3. The number of hydrogen-bond acceptors (Lipinski definition) is 2. The molecule has 1 N–H and O–H groups in total. The summed E-state index contributed by atoms with van der Waals surface area (Å²) in [6, 6.07) is 9.17. The molecule has 0 radical (unpaired) electrons. The van der Waals surface area contributed by atoms with Crippen LogP contribution in [0.2, 0.25) is 0 Å². The number of rotatable bonds is 6. The molecule has 2 nitrogen and oxygen atoms in total. The van der Waals surface area contributed by atoms with Crippen molar-refractivity contribution in [3.05, 3.63) is 59.2 Å². The molecule has 0 aliphatic heterocycles. The van der Waals surface area contributed by atoms with Gasteiger partial charge in [0.2, 0.25) is 0 Å². The predicted molar refractivity (Wildman–Crippen MR) is 79.6 cm³/mol. The van der Waals surface area contributed by atoms with Gasteiger partial charge in [-0.25, -0.2) is 4.39 Å². The van der Waals surface area contributed by atoms with E-state index in [1.165, 1.54) is 17.3 Å². The molecule has 0 aliphatic rings. The number of hydrogen-bond donors (Lipinski definition) is 1. The molecule has 102 valence electrons. The van der Waals surface area contributed by atoms with Crippen LogP contribution in [0.25, 0.3) is 0 Å². The second kappa shape index (κ2) is 6.78. The second-order valence-electron chi connectivity index (χ2n) is 4.56. The third kappa shape index (κ3) is 3.85. The fourth-order valence-electron chi connectivity index (χ4n) is 2.06. The summed E-state index contributed by atoms with van der Waals surface area (Å²) in [6.45, 7) is 1.58. The van der Waals surface area contributed by atoms with Crippen LogP contribution in [0.3, 0.4) is 0 Å². The minimum absolute atomic E-state index is 0.157. The van der Waals surface area contributed by atoms with E-state index in [0.29, 0.717) is 0 Å². The highest BCUT2D eigenvalue weighted by Crippen LogP contribution is 2.16. The van der Waals surface area contributed by atoms with Crippen LogP contribution in [-0.4, -0.2) is 10.8 Å². The molecule has 19 heavy (non-hydrogen) atoms. The molecule has 0 amide bonds. The molecular weight excluding hydrogens is 259 g/mol. The van der Waals surface area contributed by atoms with Crippen LogP contribution in [0.4, 0.5) is 4.39 Å². The normalized spacial score (nSPS) is 10.9. The lowest BCUT2D eigenvalue weighted by Crippen LogP contribution is -2.15. The Bertz CT molecular complexity index is 537. The van der Waals surface area contributed by atoms with Gasteiger partial charge in [0.05, 0.1) is 0 Å². The summed E-state index contributed by atoms with van der Waals surface area (Å²) in [4.78, 5) is 0. The standard InChI is InChI=1S/C15H19FN2S/c1-18-7-3-4-15(18)10-17-9-12-5-6-14(16)8-13(12)11-19-2/h3-8,17H,9-11H2,1-2H3. The van der Waals surface area contributed by atoms with Crippen molar-refractivity contribution in [1.82, 2.24) is 9.88 Å². The number of aromatic nitrogens is 1.